The van der Waals surface area contributed by atoms with Crippen LogP contribution in [0, 0.1) is 5.41 Å². The number of amides is 2. The van der Waals surface area contributed by atoms with Gasteiger partial charge in [-0.1, -0.05) is 23.7 Å². The van der Waals surface area contributed by atoms with Gasteiger partial charge in [0.2, 0.25) is 11.8 Å². The summed E-state index contributed by atoms with van der Waals surface area (Å²) in [6.07, 6.45) is -1.54. The molecule has 30 heavy (non-hydrogen) atoms. The number of hydrogen-bond acceptors (Lipinski definition) is 3. The molecule has 1 aliphatic heterocycles. The Morgan fingerprint density at radius 3 is 2.57 bits per heavy atom. The minimum atomic E-state index is -2.92. The van der Waals surface area contributed by atoms with Gasteiger partial charge in [-0.15, -0.1) is 0 Å². The first kappa shape index (κ1) is 20.7. The predicted molar refractivity (Wildman–Crippen MR) is 104 cm³/mol. The number of hydrogen-bond donors (Lipinski definition) is 1. The molecular weight excluding hydrogens is 421 g/mol. The molecule has 1 aliphatic carbocycles. The number of halogens is 4. The Morgan fingerprint density at radius 1 is 1.23 bits per heavy atom. The van der Waals surface area contributed by atoms with Crippen molar-refractivity contribution in [3.05, 3.63) is 40.5 Å². The summed E-state index contributed by atoms with van der Waals surface area (Å²) in [5, 5.41) is 4.95. The second kappa shape index (κ2) is 7.30. The molecule has 6 nitrogen and oxygen atoms in total. The van der Waals surface area contributed by atoms with Gasteiger partial charge >= 0.3 is 0 Å². The third-order valence-corrected chi connectivity index (χ3v) is 5.99. The van der Waals surface area contributed by atoms with Crippen molar-refractivity contribution in [2.75, 3.05) is 13.2 Å². The van der Waals surface area contributed by atoms with Gasteiger partial charge in [-0.05, 0) is 12.1 Å². The third kappa shape index (κ3) is 3.66. The molecule has 2 N–H and O–H groups in total. The highest BCUT2D eigenvalue weighted by Gasteiger charge is 2.57. The molecule has 2 aliphatic rings. The van der Waals surface area contributed by atoms with Crippen LogP contribution in [0.15, 0.2) is 24.3 Å². The maximum atomic E-state index is 13.4. The molecule has 1 saturated carbocycles. The molecule has 2 aromatic rings. The van der Waals surface area contributed by atoms with Crippen LogP contribution in [0.1, 0.15) is 35.3 Å². The van der Waals surface area contributed by atoms with Gasteiger partial charge in [-0.25, -0.2) is 8.78 Å². The Hall–Kier alpha value is -2.55. The van der Waals surface area contributed by atoms with Crippen LogP contribution in [0.25, 0.3) is 11.3 Å². The van der Waals surface area contributed by atoms with E-state index in [2.05, 4.69) is 5.10 Å². The zero-order valence-electron chi connectivity index (χ0n) is 16.0. The standard InChI is InChI=1S/C20H20ClF3N4O2/c21-13-3-1-2-12(6-13)17-16(18(25)30)14-8-27(4-5-28(14)26-17)15(29)7-19(11-22)9-20(23,24)10-19/h1-3,6H,4-5,7-11H2,(H2,25,30). The number of alkyl halides is 3. The van der Waals surface area contributed by atoms with Gasteiger partial charge in [0.05, 0.1) is 31.0 Å². The maximum Gasteiger partial charge on any atom is 0.252 e. The number of rotatable bonds is 5. The fraction of sp³-hybridized carbons (Fsp3) is 0.450. The highest BCUT2D eigenvalue weighted by molar-refractivity contribution is 6.30. The van der Waals surface area contributed by atoms with Crippen molar-refractivity contribution in [1.29, 1.82) is 0 Å². The molecule has 0 saturated heterocycles. The van der Waals surface area contributed by atoms with Gasteiger partial charge in [-0.3, -0.25) is 18.7 Å². The van der Waals surface area contributed by atoms with E-state index in [9.17, 15) is 22.8 Å². The molecule has 1 fully saturated rings. The Labute approximate surface area is 175 Å². The van der Waals surface area contributed by atoms with E-state index in [0.717, 1.165) is 0 Å². The molecule has 4 rings (SSSR count). The fourth-order valence-corrected chi connectivity index (χ4v) is 4.56. The monoisotopic (exact) mass is 440 g/mol. The average Bonchev–Trinajstić information content (AvgIpc) is 3.05. The van der Waals surface area contributed by atoms with Gasteiger partial charge in [0.1, 0.15) is 5.69 Å². The largest absolute Gasteiger partial charge is 0.365 e. The fourth-order valence-electron chi connectivity index (χ4n) is 4.37. The summed E-state index contributed by atoms with van der Waals surface area (Å²) < 4.78 is 41.6. The van der Waals surface area contributed by atoms with Gasteiger partial charge in [-0.2, -0.15) is 5.10 Å². The van der Waals surface area contributed by atoms with Crippen molar-refractivity contribution >= 4 is 23.4 Å². The number of aromatic nitrogens is 2. The minimum Gasteiger partial charge on any atom is -0.365 e. The Kier molecular flexibility index (Phi) is 5.04. The van der Waals surface area contributed by atoms with Crippen molar-refractivity contribution in [2.45, 2.75) is 38.3 Å². The molecule has 160 valence electrons. The lowest BCUT2D eigenvalue weighted by Crippen LogP contribution is -2.51. The van der Waals surface area contributed by atoms with Crippen LogP contribution in [-0.2, 0) is 17.9 Å². The van der Waals surface area contributed by atoms with E-state index in [0.29, 0.717) is 28.5 Å². The van der Waals surface area contributed by atoms with Crippen LogP contribution < -0.4 is 5.73 Å². The number of nitrogens with two attached hydrogens (primary N) is 1. The van der Waals surface area contributed by atoms with Crippen molar-refractivity contribution < 1.29 is 22.8 Å². The van der Waals surface area contributed by atoms with E-state index in [1.54, 1.807) is 28.9 Å². The van der Waals surface area contributed by atoms with Crippen LogP contribution >= 0.6 is 11.6 Å². The Bertz CT molecular complexity index is 1020. The first-order chi connectivity index (χ1) is 14.1. The van der Waals surface area contributed by atoms with E-state index in [1.807, 2.05) is 0 Å². The SMILES string of the molecule is NC(=O)c1c(-c2cccc(Cl)c2)nn2c1CN(C(=O)CC1(CF)CC(F)(F)C1)CC2. The van der Waals surface area contributed by atoms with Gasteiger partial charge in [0.15, 0.2) is 0 Å². The van der Waals surface area contributed by atoms with Gasteiger partial charge in [0.25, 0.3) is 5.91 Å². The van der Waals surface area contributed by atoms with E-state index in [1.165, 1.54) is 4.90 Å². The van der Waals surface area contributed by atoms with Crippen molar-refractivity contribution in [3.63, 3.8) is 0 Å². The zero-order chi connectivity index (χ0) is 21.7. The number of carbonyl (C=O) groups is 2. The minimum absolute atomic E-state index is 0.0451. The van der Waals surface area contributed by atoms with Gasteiger partial charge in [0, 0.05) is 41.8 Å². The normalized spacial score (nSPS) is 19.1. The summed E-state index contributed by atoms with van der Waals surface area (Å²) >= 11 is 6.04. The van der Waals surface area contributed by atoms with Crippen LogP contribution in [0.2, 0.25) is 5.02 Å². The van der Waals surface area contributed by atoms with Crippen LogP contribution in [0.4, 0.5) is 13.2 Å². The molecule has 0 unspecified atom stereocenters. The lowest BCUT2D eigenvalue weighted by Gasteiger charge is -2.46. The van der Waals surface area contributed by atoms with E-state index >= 15 is 0 Å². The first-order valence-electron chi connectivity index (χ1n) is 9.50. The molecule has 0 bridgehead atoms. The summed E-state index contributed by atoms with van der Waals surface area (Å²) in [5.41, 5.74) is 5.93. The lowest BCUT2D eigenvalue weighted by molar-refractivity contribution is -0.177. The van der Waals surface area contributed by atoms with E-state index in [-0.39, 0.29) is 25.1 Å². The van der Waals surface area contributed by atoms with Crippen molar-refractivity contribution in [2.24, 2.45) is 11.1 Å². The topological polar surface area (TPSA) is 81.2 Å². The summed E-state index contributed by atoms with van der Waals surface area (Å²) in [5.74, 6) is -4.03. The molecule has 2 heterocycles. The van der Waals surface area contributed by atoms with Gasteiger partial charge < -0.3 is 10.6 Å². The maximum absolute atomic E-state index is 13.4. The number of carbonyl (C=O) groups excluding carboxylic acids is 2. The molecule has 1 aromatic carbocycles. The molecule has 10 heteroatoms. The molecule has 1 aromatic heterocycles. The molecule has 0 spiro atoms. The van der Waals surface area contributed by atoms with E-state index < -0.39 is 42.7 Å². The molecular formula is C20H20ClF3N4O2. The molecule has 0 atom stereocenters. The summed E-state index contributed by atoms with van der Waals surface area (Å²) in [6.45, 7) is -0.338. The summed E-state index contributed by atoms with van der Waals surface area (Å²) in [4.78, 5) is 26.4. The number of primary amides is 1. The smallest absolute Gasteiger partial charge is 0.252 e. The molecule has 0 radical (unpaired) electrons. The second-order valence-electron chi connectivity index (χ2n) is 8.10. The summed E-state index contributed by atoms with van der Waals surface area (Å²) in [6, 6.07) is 6.82. The highest BCUT2D eigenvalue weighted by atomic mass is 35.5. The van der Waals surface area contributed by atoms with Crippen LogP contribution in [0.5, 0.6) is 0 Å². The Balaban J connectivity index is 1.59. The zero-order valence-corrected chi connectivity index (χ0v) is 16.8. The predicted octanol–water partition coefficient (Wildman–Crippen LogP) is 3.42. The number of nitrogens with zero attached hydrogens (tertiary/aromatic N) is 3. The second-order valence-corrected chi connectivity index (χ2v) is 8.54. The lowest BCUT2D eigenvalue weighted by atomic mass is 9.64. The Morgan fingerprint density at radius 2 is 1.97 bits per heavy atom. The quantitative estimate of drug-likeness (QED) is 0.773. The van der Waals surface area contributed by atoms with Crippen LogP contribution in [-0.4, -0.2) is 45.6 Å². The number of benzene rings is 1. The third-order valence-electron chi connectivity index (χ3n) is 5.75. The van der Waals surface area contributed by atoms with Crippen LogP contribution in [0.3, 0.4) is 0 Å². The number of fused-ring (bicyclic) bond motifs is 1. The highest BCUT2D eigenvalue weighted by Crippen LogP contribution is 2.54. The van der Waals surface area contributed by atoms with Crippen molar-refractivity contribution in [3.8, 4) is 11.3 Å². The molecule has 2 amide bonds. The first-order valence-corrected chi connectivity index (χ1v) is 9.88. The van der Waals surface area contributed by atoms with Crippen molar-refractivity contribution in [1.82, 2.24) is 14.7 Å². The van der Waals surface area contributed by atoms with E-state index in [4.69, 9.17) is 17.3 Å². The summed E-state index contributed by atoms with van der Waals surface area (Å²) in [7, 11) is 0. The average molecular weight is 441 g/mol.